The quantitative estimate of drug-likeness (QED) is 0.674. The van der Waals surface area contributed by atoms with Gasteiger partial charge in [-0.1, -0.05) is 13.3 Å². The van der Waals surface area contributed by atoms with Crippen LogP contribution in [-0.2, 0) is 14.3 Å². The number of rotatable bonds is 6. The fourth-order valence-electron chi connectivity index (χ4n) is 4.35. The normalized spacial score (nSPS) is 21.8. The van der Waals surface area contributed by atoms with Crippen molar-refractivity contribution in [2.75, 3.05) is 6.61 Å². The van der Waals surface area contributed by atoms with Crippen LogP contribution in [0.25, 0.3) is 0 Å². The van der Waals surface area contributed by atoms with Gasteiger partial charge in [-0.15, -0.1) is 0 Å². The third kappa shape index (κ3) is 3.69. The zero-order chi connectivity index (χ0) is 20.4. The molecular formula is C23H25NO4S. The van der Waals surface area contributed by atoms with Crippen molar-refractivity contribution in [2.24, 2.45) is 0 Å². The third-order valence-corrected chi connectivity index (χ3v) is 6.23. The molecule has 1 aliphatic heterocycles. The predicted molar refractivity (Wildman–Crippen MR) is 111 cm³/mol. The number of ketones is 1. The molecule has 1 aliphatic carbocycles. The van der Waals surface area contributed by atoms with E-state index in [0.29, 0.717) is 30.6 Å². The highest BCUT2D eigenvalue weighted by Gasteiger charge is 2.42. The van der Waals surface area contributed by atoms with Crippen molar-refractivity contribution in [2.45, 2.75) is 51.4 Å². The lowest BCUT2D eigenvalue weighted by molar-refractivity contribution is -0.138. The molecule has 2 atom stereocenters. The van der Waals surface area contributed by atoms with Gasteiger partial charge < -0.3 is 14.5 Å². The monoisotopic (exact) mass is 411 g/mol. The maximum absolute atomic E-state index is 13.3. The van der Waals surface area contributed by atoms with E-state index in [1.807, 2.05) is 29.0 Å². The first kappa shape index (κ1) is 19.7. The summed E-state index contributed by atoms with van der Waals surface area (Å²) < 4.78 is 11.0. The molecule has 0 radical (unpaired) electrons. The van der Waals surface area contributed by atoms with Gasteiger partial charge in [0, 0.05) is 35.2 Å². The van der Waals surface area contributed by atoms with Crippen molar-refractivity contribution in [1.82, 2.24) is 5.32 Å². The topological polar surface area (TPSA) is 68.5 Å². The number of Topliss-reactive ketones (excluding diaryl/α,β-unsaturated/α-hetero) is 1. The Hall–Kier alpha value is -2.60. The summed E-state index contributed by atoms with van der Waals surface area (Å²) in [7, 11) is 0. The summed E-state index contributed by atoms with van der Waals surface area (Å²) in [6, 6.07) is 5.78. The van der Waals surface area contributed by atoms with Crippen molar-refractivity contribution < 1.29 is 18.7 Å². The average Bonchev–Trinajstić information content (AvgIpc) is 3.41. The molecule has 0 saturated heterocycles. The van der Waals surface area contributed by atoms with Crippen LogP contribution in [0.15, 0.2) is 62.2 Å². The van der Waals surface area contributed by atoms with Gasteiger partial charge in [-0.25, -0.2) is 4.79 Å². The second kappa shape index (κ2) is 8.41. The minimum Gasteiger partial charge on any atom is -0.469 e. The summed E-state index contributed by atoms with van der Waals surface area (Å²) >= 11 is 1.57. The van der Waals surface area contributed by atoms with Crippen molar-refractivity contribution in [1.29, 1.82) is 0 Å². The van der Waals surface area contributed by atoms with E-state index in [2.05, 4.69) is 12.2 Å². The Labute approximate surface area is 174 Å². The summed E-state index contributed by atoms with van der Waals surface area (Å²) in [4.78, 5) is 26.3. The molecule has 0 saturated carbocycles. The Morgan fingerprint density at radius 1 is 1.31 bits per heavy atom. The highest BCUT2D eigenvalue weighted by atomic mass is 32.1. The Morgan fingerprint density at radius 3 is 2.83 bits per heavy atom. The first-order valence-corrected chi connectivity index (χ1v) is 11.1. The standard InChI is InChI=1S/C23H25NO4S/c1-3-6-16-22(23(26)27-4-2)20(14-8-10-29-13-14)21-17(24-16)11-15(12-18(21)25)19-7-5-9-28-19/h5,7-10,13,15,20,24H,3-4,6,11-12H2,1-2H3. The first-order chi connectivity index (χ1) is 14.1. The number of furan rings is 1. The lowest BCUT2D eigenvalue weighted by atomic mass is 9.72. The molecule has 3 heterocycles. The van der Waals surface area contributed by atoms with Crippen molar-refractivity contribution >= 4 is 23.1 Å². The number of nitrogens with one attached hydrogen (secondary N) is 1. The molecule has 0 aromatic carbocycles. The number of esters is 1. The van der Waals surface area contributed by atoms with Gasteiger partial charge in [0.1, 0.15) is 5.76 Å². The zero-order valence-electron chi connectivity index (χ0n) is 16.7. The van der Waals surface area contributed by atoms with E-state index in [4.69, 9.17) is 9.15 Å². The number of ether oxygens (including phenoxy) is 1. The van der Waals surface area contributed by atoms with Crippen LogP contribution in [0.3, 0.4) is 0 Å². The third-order valence-electron chi connectivity index (χ3n) is 5.53. The SMILES string of the molecule is CCCC1=C(C(=O)OCC)C(c2ccsc2)C2=C(CC(c3ccco3)CC2=O)N1. The van der Waals surface area contributed by atoms with E-state index in [0.717, 1.165) is 35.6 Å². The molecule has 2 aromatic heterocycles. The van der Waals surface area contributed by atoms with Gasteiger partial charge in [0.05, 0.1) is 18.4 Å². The van der Waals surface area contributed by atoms with E-state index in [1.54, 1.807) is 24.5 Å². The van der Waals surface area contributed by atoms with Crippen LogP contribution in [0.5, 0.6) is 0 Å². The molecule has 1 N–H and O–H groups in total. The predicted octanol–water partition coefficient (Wildman–Crippen LogP) is 5.05. The molecule has 2 aliphatic rings. The first-order valence-electron chi connectivity index (χ1n) is 10.1. The Balaban J connectivity index is 1.81. The molecule has 0 spiro atoms. The second-order valence-electron chi connectivity index (χ2n) is 7.41. The number of hydrogen-bond acceptors (Lipinski definition) is 6. The molecule has 5 nitrogen and oxygen atoms in total. The lowest BCUT2D eigenvalue weighted by Gasteiger charge is -2.36. The minimum absolute atomic E-state index is 0.0129. The summed E-state index contributed by atoms with van der Waals surface area (Å²) in [6.07, 6.45) is 4.34. The number of carbonyl (C=O) groups excluding carboxylic acids is 2. The molecule has 0 fully saturated rings. The molecule has 2 unspecified atom stereocenters. The summed E-state index contributed by atoms with van der Waals surface area (Å²) in [5, 5.41) is 7.47. The van der Waals surface area contributed by atoms with Crippen LogP contribution >= 0.6 is 11.3 Å². The van der Waals surface area contributed by atoms with Gasteiger partial charge in [0.15, 0.2) is 5.78 Å². The van der Waals surface area contributed by atoms with E-state index in [1.165, 1.54) is 0 Å². The van der Waals surface area contributed by atoms with E-state index in [-0.39, 0.29) is 23.6 Å². The Bertz CT molecular complexity index is 953. The van der Waals surface area contributed by atoms with Gasteiger partial charge in [-0.3, -0.25) is 4.79 Å². The van der Waals surface area contributed by atoms with E-state index >= 15 is 0 Å². The molecule has 2 aromatic rings. The van der Waals surface area contributed by atoms with Crippen LogP contribution in [-0.4, -0.2) is 18.4 Å². The van der Waals surface area contributed by atoms with Gasteiger partial charge in [0.2, 0.25) is 0 Å². The highest BCUT2D eigenvalue weighted by molar-refractivity contribution is 7.08. The van der Waals surface area contributed by atoms with Crippen LogP contribution in [0.2, 0.25) is 0 Å². The summed E-state index contributed by atoms with van der Waals surface area (Å²) in [6.45, 7) is 4.19. The van der Waals surface area contributed by atoms with Crippen LogP contribution < -0.4 is 5.32 Å². The number of thiophene rings is 1. The van der Waals surface area contributed by atoms with Crippen LogP contribution in [0, 0.1) is 0 Å². The molecule has 0 bridgehead atoms. The highest BCUT2D eigenvalue weighted by Crippen LogP contribution is 2.46. The van der Waals surface area contributed by atoms with Gasteiger partial charge >= 0.3 is 5.97 Å². The maximum atomic E-state index is 13.3. The minimum atomic E-state index is -0.372. The van der Waals surface area contributed by atoms with Crippen LogP contribution in [0.4, 0.5) is 0 Å². The zero-order valence-corrected chi connectivity index (χ0v) is 17.5. The molecule has 6 heteroatoms. The number of allylic oxidation sites excluding steroid dienone is 3. The van der Waals surface area contributed by atoms with Gasteiger partial charge in [0.25, 0.3) is 0 Å². The molecular weight excluding hydrogens is 386 g/mol. The smallest absolute Gasteiger partial charge is 0.336 e. The summed E-state index contributed by atoms with van der Waals surface area (Å²) in [5.41, 5.74) is 4.04. The maximum Gasteiger partial charge on any atom is 0.336 e. The van der Waals surface area contributed by atoms with Crippen molar-refractivity contribution in [3.05, 3.63) is 69.1 Å². The molecule has 0 amide bonds. The van der Waals surface area contributed by atoms with E-state index < -0.39 is 0 Å². The fraction of sp³-hybridized carbons (Fsp3) is 0.391. The lowest BCUT2D eigenvalue weighted by Crippen LogP contribution is -2.36. The van der Waals surface area contributed by atoms with Crippen LogP contribution in [0.1, 0.15) is 62.7 Å². The average molecular weight is 412 g/mol. The number of hydrogen-bond donors (Lipinski definition) is 1. The second-order valence-corrected chi connectivity index (χ2v) is 8.19. The van der Waals surface area contributed by atoms with Gasteiger partial charge in [-0.05, 0) is 54.3 Å². The number of dihydropyridines is 1. The Morgan fingerprint density at radius 2 is 2.17 bits per heavy atom. The molecule has 152 valence electrons. The molecule has 29 heavy (non-hydrogen) atoms. The molecule has 4 rings (SSSR count). The Kier molecular flexibility index (Phi) is 5.72. The van der Waals surface area contributed by atoms with Gasteiger partial charge in [-0.2, -0.15) is 11.3 Å². The van der Waals surface area contributed by atoms with Crippen molar-refractivity contribution in [3.8, 4) is 0 Å². The largest absolute Gasteiger partial charge is 0.469 e. The fourth-order valence-corrected chi connectivity index (χ4v) is 5.03. The summed E-state index contributed by atoms with van der Waals surface area (Å²) in [5.74, 6) is 0.193. The van der Waals surface area contributed by atoms with Crippen molar-refractivity contribution in [3.63, 3.8) is 0 Å². The number of carbonyl (C=O) groups is 2. The van der Waals surface area contributed by atoms with E-state index in [9.17, 15) is 9.59 Å².